The maximum atomic E-state index is 12.8. The van der Waals surface area contributed by atoms with E-state index in [1.165, 1.54) is 24.3 Å². The standard InChI is InChI=1S/C23H20Cl3N3O4S2/c1-34(30,31)19-7-9-20(10-8-19)35(32,33)27-14-18-13-23(15-2-4-16(24)5-3-15)29(28-18)22-11-6-17(25)12-21(22)26/h2-12,23,27H,13-14H2,1H3/t23-/m1/s1. The second-order valence-electron chi connectivity index (χ2n) is 7.95. The Bertz CT molecular complexity index is 1490. The molecular formula is C23H20Cl3N3O4S2. The summed E-state index contributed by atoms with van der Waals surface area (Å²) in [5.74, 6) is 0. The quantitative estimate of drug-likeness (QED) is 0.413. The molecule has 0 amide bonds. The molecule has 35 heavy (non-hydrogen) atoms. The van der Waals surface area contributed by atoms with Crippen molar-refractivity contribution in [3.8, 4) is 0 Å². The molecule has 12 heteroatoms. The number of hydrogen-bond acceptors (Lipinski definition) is 6. The average Bonchev–Trinajstić information content (AvgIpc) is 3.22. The van der Waals surface area contributed by atoms with Crippen molar-refractivity contribution in [1.29, 1.82) is 0 Å². The minimum atomic E-state index is -3.90. The van der Waals surface area contributed by atoms with Gasteiger partial charge in [-0.25, -0.2) is 21.6 Å². The molecule has 1 atom stereocenters. The van der Waals surface area contributed by atoms with Crippen LogP contribution < -0.4 is 9.73 Å². The molecule has 0 unspecified atom stereocenters. The molecule has 1 aliphatic rings. The van der Waals surface area contributed by atoms with Crippen molar-refractivity contribution in [1.82, 2.24) is 4.72 Å². The van der Waals surface area contributed by atoms with Crippen molar-refractivity contribution in [2.24, 2.45) is 5.10 Å². The molecule has 0 spiro atoms. The molecule has 1 aliphatic heterocycles. The van der Waals surface area contributed by atoms with Crippen LogP contribution in [-0.2, 0) is 19.9 Å². The first-order valence-corrected chi connectivity index (χ1v) is 14.8. The summed E-state index contributed by atoms with van der Waals surface area (Å²) >= 11 is 18.5. The lowest BCUT2D eigenvalue weighted by Crippen LogP contribution is -2.29. The fraction of sp³-hybridized carbons (Fsp3) is 0.174. The van der Waals surface area contributed by atoms with E-state index in [4.69, 9.17) is 34.8 Å². The van der Waals surface area contributed by atoms with Crippen LogP contribution in [0.15, 0.2) is 81.6 Å². The third-order valence-electron chi connectivity index (χ3n) is 5.41. The summed E-state index contributed by atoms with van der Waals surface area (Å²) in [5.41, 5.74) is 2.15. The lowest BCUT2D eigenvalue weighted by atomic mass is 10.0. The zero-order chi connectivity index (χ0) is 25.4. The van der Waals surface area contributed by atoms with Gasteiger partial charge in [0.2, 0.25) is 10.0 Å². The minimum Gasteiger partial charge on any atom is -0.256 e. The van der Waals surface area contributed by atoms with Gasteiger partial charge in [0, 0.05) is 22.7 Å². The summed E-state index contributed by atoms with van der Waals surface area (Å²) in [6, 6.07) is 17.2. The molecule has 0 radical (unpaired) electrons. The summed E-state index contributed by atoms with van der Waals surface area (Å²) in [5, 5.41) is 7.89. The number of hydrogen-bond donors (Lipinski definition) is 1. The van der Waals surface area contributed by atoms with E-state index in [1.54, 1.807) is 35.3 Å². The molecule has 4 rings (SSSR count). The van der Waals surface area contributed by atoms with Gasteiger partial charge in [-0.1, -0.05) is 46.9 Å². The van der Waals surface area contributed by atoms with Crippen LogP contribution in [0.4, 0.5) is 5.69 Å². The molecule has 0 bridgehead atoms. The molecule has 7 nitrogen and oxygen atoms in total. The molecule has 3 aromatic rings. The van der Waals surface area contributed by atoms with E-state index < -0.39 is 19.9 Å². The van der Waals surface area contributed by atoms with Gasteiger partial charge in [0.25, 0.3) is 0 Å². The van der Waals surface area contributed by atoms with Crippen LogP contribution in [0.3, 0.4) is 0 Å². The normalized spacial score (nSPS) is 16.4. The lowest BCUT2D eigenvalue weighted by Gasteiger charge is -2.25. The first-order valence-electron chi connectivity index (χ1n) is 10.3. The van der Waals surface area contributed by atoms with Crippen molar-refractivity contribution < 1.29 is 16.8 Å². The Kier molecular flexibility index (Phi) is 7.47. The predicted octanol–water partition coefficient (Wildman–Crippen LogP) is 5.34. The number of sulfonamides is 1. The van der Waals surface area contributed by atoms with E-state index in [1.807, 2.05) is 12.1 Å². The summed E-state index contributed by atoms with van der Waals surface area (Å²) in [7, 11) is -7.33. The maximum Gasteiger partial charge on any atom is 0.240 e. The van der Waals surface area contributed by atoms with E-state index in [2.05, 4.69) is 9.82 Å². The van der Waals surface area contributed by atoms with Crippen molar-refractivity contribution in [2.45, 2.75) is 22.3 Å². The number of sulfone groups is 1. The zero-order valence-electron chi connectivity index (χ0n) is 18.3. The van der Waals surface area contributed by atoms with Crippen LogP contribution in [0.1, 0.15) is 18.0 Å². The highest BCUT2D eigenvalue weighted by molar-refractivity contribution is 7.90. The SMILES string of the molecule is CS(=O)(=O)c1ccc(S(=O)(=O)NCC2=NN(c3ccc(Cl)cc3Cl)[C@@H](c3ccc(Cl)cc3)C2)cc1. The topological polar surface area (TPSA) is 95.9 Å². The van der Waals surface area contributed by atoms with Gasteiger partial charge in [-0.15, -0.1) is 0 Å². The Morgan fingerprint density at radius 2 is 1.49 bits per heavy atom. The fourth-order valence-corrected chi connectivity index (χ4v) is 5.91. The number of anilines is 1. The van der Waals surface area contributed by atoms with Gasteiger partial charge in [-0.3, -0.25) is 5.01 Å². The van der Waals surface area contributed by atoms with Crippen LogP contribution in [0.25, 0.3) is 0 Å². The molecule has 0 saturated heterocycles. The van der Waals surface area contributed by atoms with Crippen molar-refractivity contribution in [3.05, 3.63) is 87.4 Å². The number of rotatable bonds is 7. The van der Waals surface area contributed by atoms with Crippen molar-refractivity contribution >= 4 is 66.1 Å². The first kappa shape index (κ1) is 25.9. The van der Waals surface area contributed by atoms with Crippen LogP contribution in [0.2, 0.25) is 15.1 Å². The summed E-state index contributed by atoms with van der Waals surface area (Å²) < 4.78 is 51.4. The highest BCUT2D eigenvalue weighted by Crippen LogP contribution is 2.39. The van der Waals surface area contributed by atoms with Crippen LogP contribution in [0.5, 0.6) is 0 Å². The maximum absolute atomic E-state index is 12.8. The third-order valence-corrected chi connectivity index (χ3v) is 8.75. The molecule has 1 N–H and O–H groups in total. The Hall–Kier alpha value is -2.14. The Balaban J connectivity index is 1.58. The third kappa shape index (κ3) is 5.99. The van der Waals surface area contributed by atoms with Gasteiger partial charge >= 0.3 is 0 Å². The average molecular weight is 573 g/mol. The Labute approximate surface area is 219 Å². The zero-order valence-corrected chi connectivity index (χ0v) is 22.2. The molecule has 1 heterocycles. The lowest BCUT2D eigenvalue weighted by molar-refractivity contribution is 0.585. The molecule has 3 aromatic carbocycles. The van der Waals surface area contributed by atoms with Gasteiger partial charge in [-0.05, 0) is 60.2 Å². The largest absolute Gasteiger partial charge is 0.256 e. The number of halogens is 3. The van der Waals surface area contributed by atoms with Gasteiger partial charge < -0.3 is 0 Å². The van der Waals surface area contributed by atoms with E-state index in [9.17, 15) is 16.8 Å². The van der Waals surface area contributed by atoms with E-state index in [0.717, 1.165) is 11.8 Å². The molecule has 0 aliphatic carbocycles. The van der Waals surface area contributed by atoms with E-state index in [-0.39, 0.29) is 22.4 Å². The number of nitrogens with one attached hydrogen (secondary N) is 1. The van der Waals surface area contributed by atoms with Gasteiger partial charge in [0.15, 0.2) is 9.84 Å². The van der Waals surface area contributed by atoms with Gasteiger partial charge in [0.05, 0.1) is 38.8 Å². The highest BCUT2D eigenvalue weighted by Gasteiger charge is 2.31. The monoisotopic (exact) mass is 571 g/mol. The van der Waals surface area contributed by atoms with Gasteiger partial charge in [0.1, 0.15) is 0 Å². The fourth-order valence-electron chi connectivity index (χ4n) is 3.64. The molecule has 0 aromatic heterocycles. The predicted molar refractivity (Wildman–Crippen MR) is 140 cm³/mol. The summed E-state index contributed by atoms with van der Waals surface area (Å²) in [6.07, 6.45) is 1.50. The first-order chi connectivity index (χ1) is 16.4. The van der Waals surface area contributed by atoms with Crippen molar-refractivity contribution in [3.63, 3.8) is 0 Å². The van der Waals surface area contributed by atoms with Gasteiger partial charge in [-0.2, -0.15) is 5.10 Å². The van der Waals surface area contributed by atoms with Crippen LogP contribution in [-0.4, -0.2) is 35.3 Å². The van der Waals surface area contributed by atoms with Crippen molar-refractivity contribution in [2.75, 3.05) is 17.8 Å². The van der Waals surface area contributed by atoms with E-state index >= 15 is 0 Å². The highest BCUT2D eigenvalue weighted by atomic mass is 35.5. The summed E-state index contributed by atoms with van der Waals surface area (Å²) in [6.45, 7) is -0.0397. The molecule has 0 saturated carbocycles. The Morgan fingerprint density at radius 1 is 0.886 bits per heavy atom. The second kappa shape index (κ2) is 10.1. The second-order valence-corrected chi connectivity index (χ2v) is 13.0. The number of nitrogens with zero attached hydrogens (tertiary/aromatic N) is 2. The molecule has 0 fully saturated rings. The minimum absolute atomic E-state index is 0.0397. The molecular weight excluding hydrogens is 553 g/mol. The smallest absolute Gasteiger partial charge is 0.240 e. The van der Waals surface area contributed by atoms with Crippen LogP contribution in [0, 0.1) is 0 Å². The van der Waals surface area contributed by atoms with Crippen LogP contribution >= 0.6 is 34.8 Å². The summed E-state index contributed by atoms with van der Waals surface area (Å²) in [4.78, 5) is -0.00624. The van der Waals surface area contributed by atoms with E-state index in [0.29, 0.717) is 32.9 Å². The Morgan fingerprint density at radius 3 is 2.09 bits per heavy atom. The number of benzene rings is 3. The molecule has 184 valence electrons. The number of hydrazone groups is 1.